The van der Waals surface area contributed by atoms with E-state index < -0.39 is 23.4 Å². The van der Waals surface area contributed by atoms with Gasteiger partial charge in [-0.2, -0.15) is 0 Å². The first-order chi connectivity index (χ1) is 15.8. The number of para-hydroxylation sites is 1. The number of Topliss-reactive ketones (excluding diaryl/α,β-unsaturated/α-hetero) is 1. The Morgan fingerprint density at radius 3 is 1.94 bits per heavy atom. The van der Waals surface area contributed by atoms with E-state index in [-0.39, 0.29) is 42.4 Å². The molecular formula is C25H24ClN3O5. The molecule has 0 saturated heterocycles. The Morgan fingerprint density at radius 1 is 0.882 bits per heavy atom. The minimum Gasteiger partial charge on any atom is -0.476 e. The number of ketones is 1. The molecule has 176 valence electrons. The minimum atomic E-state index is -2.63. The number of amides is 1. The van der Waals surface area contributed by atoms with Gasteiger partial charge < -0.3 is 15.6 Å². The minimum absolute atomic E-state index is 0. The number of hydrogen-bond donors (Lipinski definition) is 4. The Morgan fingerprint density at radius 2 is 1.41 bits per heavy atom. The monoisotopic (exact) mass is 481 g/mol. The van der Waals surface area contributed by atoms with Crippen molar-refractivity contribution in [3.63, 3.8) is 0 Å². The average molecular weight is 482 g/mol. The molecule has 0 spiro atoms. The molecular weight excluding hydrogens is 458 g/mol. The predicted octanol–water partition coefficient (Wildman–Crippen LogP) is 3.18. The number of benzene rings is 3. The molecule has 0 radical (unpaired) electrons. The van der Waals surface area contributed by atoms with Gasteiger partial charge in [-0.1, -0.05) is 60.7 Å². The number of aliphatic carboxylic acids is 1. The van der Waals surface area contributed by atoms with Crippen LogP contribution in [0.5, 0.6) is 5.75 Å². The van der Waals surface area contributed by atoms with E-state index in [1.165, 1.54) is 36.4 Å². The zero-order valence-electron chi connectivity index (χ0n) is 18.1. The summed E-state index contributed by atoms with van der Waals surface area (Å²) in [6.07, 6.45) is 0.0999. The highest BCUT2D eigenvalue weighted by Gasteiger charge is 2.50. The highest BCUT2D eigenvalue weighted by atomic mass is 35.5. The topological polar surface area (TPSA) is 143 Å². The highest BCUT2D eigenvalue weighted by Crippen LogP contribution is 2.21. The Labute approximate surface area is 202 Å². The predicted molar refractivity (Wildman–Crippen MR) is 129 cm³/mol. The number of nitrogen functional groups attached to an aromatic ring is 1. The van der Waals surface area contributed by atoms with E-state index in [1.54, 1.807) is 18.2 Å². The second-order valence-electron chi connectivity index (χ2n) is 7.26. The van der Waals surface area contributed by atoms with Crippen LogP contribution in [-0.2, 0) is 16.0 Å². The summed E-state index contributed by atoms with van der Waals surface area (Å²) in [6, 6.07) is 22.7. The lowest BCUT2D eigenvalue weighted by atomic mass is 9.99. The van der Waals surface area contributed by atoms with Crippen molar-refractivity contribution in [1.82, 2.24) is 5.32 Å². The van der Waals surface area contributed by atoms with Crippen LogP contribution in [0.25, 0.3) is 0 Å². The van der Waals surface area contributed by atoms with Crippen LogP contribution in [0.2, 0.25) is 0 Å². The van der Waals surface area contributed by atoms with Gasteiger partial charge in [0, 0.05) is 17.5 Å². The first kappa shape index (κ1) is 26.1. The maximum absolute atomic E-state index is 13.2. The second-order valence-corrected chi connectivity index (χ2v) is 7.26. The number of rotatable bonds is 10. The van der Waals surface area contributed by atoms with Gasteiger partial charge in [-0.3, -0.25) is 20.3 Å². The largest absolute Gasteiger partial charge is 0.476 e. The number of halogens is 1. The van der Waals surface area contributed by atoms with Gasteiger partial charge in [0.15, 0.2) is 0 Å². The van der Waals surface area contributed by atoms with Gasteiger partial charge in [-0.05, 0) is 36.2 Å². The zero-order chi connectivity index (χ0) is 23.8. The van der Waals surface area contributed by atoms with E-state index in [4.69, 9.17) is 15.9 Å². The lowest BCUT2D eigenvalue weighted by Crippen LogP contribution is -2.64. The molecule has 34 heavy (non-hydrogen) atoms. The van der Waals surface area contributed by atoms with Crippen LogP contribution in [0.3, 0.4) is 0 Å². The third kappa shape index (κ3) is 6.20. The van der Waals surface area contributed by atoms with Crippen LogP contribution in [0.4, 0.5) is 0 Å². The van der Waals surface area contributed by atoms with Gasteiger partial charge in [-0.15, -0.1) is 12.4 Å². The van der Waals surface area contributed by atoms with Crippen molar-refractivity contribution in [3.05, 3.63) is 102 Å². The fourth-order valence-corrected chi connectivity index (χ4v) is 3.15. The number of ether oxygens (including phenoxy) is 1. The van der Waals surface area contributed by atoms with Gasteiger partial charge in [0.1, 0.15) is 11.6 Å². The number of carboxylic acids is 1. The van der Waals surface area contributed by atoms with E-state index in [1.807, 2.05) is 30.3 Å². The molecule has 0 aliphatic rings. The Balaban J connectivity index is 0.00000408. The van der Waals surface area contributed by atoms with Crippen molar-refractivity contribution in [2.75, 3.05) is 0 Å². The SMILES string of the molecule is Cl.N=C(N)c1ccc(C(=O)NC(Oc2ccccc2)(C(=O)O)C(=O)CCc2ccccc2)cc1. The summed E-state index contributed by atoms with van der Waals surface area (Å²) in [5, 5.41) is 19.8. The summed E-state index contributed by atoms with van der Waals surface area (Å²) in [7, 11) is 0. The Hall–Kier alpha value is -4.17. The van der Waals surface area contributed by atoms with E-state index in [0.29, 0.717) is 5.56 Å². The van der Waals surface area contributed by atoms with Gasteiger partial charge in [0.05, 0.1) is 0 Å². The molecule has 0 aromatic heterocycles. The number of aryl methyl sites for hydroxylation is 1. The number of nitrogens with two attached hydrogens (primary N) is 1. The molecule has 5 N–H and O–H groups in total. The highest BCUT2D eigenvalue weighted by molar-refractivity contribution is 6.11. The summed E-state index contributed by atoms with van der Waals surface area (Å²) in [4.78, 5) is 38.5. The van der Waals surface area contributed by atoms with Gasteiger partial charge in [0.2, 0.25) is 5.78 Å². The maximum Gasteiger partial charge on any atom is 0.378 e. The van der Waals surface area contributed by atoms with Crippen LogP contribution in [0, 0.1) is 5.41 Å². The average Bonchev–Trinajstić information content (AvgIpc) is 2.83. The van der Waals surface area contributed by atoms with Gasteiger partial charge in [0.25, 0.3) is 5.91 Å². The lowest BCUT2D eigenvalue weighted by molar-refractivity contribution is -0.164. The molecule has 0 saturated carbocycles. The fraction of sp³-hybridized carbons (Fsp3) is 0.120. The van der Waals surface area contributed by atoms with E-state index in [2.05, 4.69) is 5.32 Å². The molecule has 0 aliphatic carbocycles. The summed E-state index contributed by atoms with van der Waals surface area (Å²) in [5.41, 5.74) is 4.12. The number of amidine groups is 1. The third-order valence-corrected chi connectivity index (χ3v) is 4.94. The third-order valence-electron chi connectivity index (χ3n) is 4.94. The molecule has 0 aliphatic heterocycles. The number of nitrogens with one attached hydrogen (secondary N) is 2. The molecule has 1 atom stereocenters. The zero-order valence-corrected chi connectivity index (χ0v) is 18.9. The van der Waals surface area contributed by atoms with E-state index in [9.17, 15) is 19.5 Å². The molecule has 1 amide bonds. The standard InChI is InChI=1S/C25H23N3O5.ClH/c26-22(27)18-12-14-19(15-13-18)23(30)28-25(24(31)32,33-20-9-5-2-6-10-20)21(29)16-11-17-7-3-1-4-8-17;/h1-10,12-15H,11,16H2,(H3,26,27)(H,28,30)(H,31,32);1H. The van der Waals surface area contributed by atoms with Crippen molar-refractivity contribution < 1.29 is 24.2 Å². The molecule has 3 aromatic carbocycles. The van der Waals surface area contributed by atoms with Crippen LogP contribution in [0.15, 0.2) is 84.9 Å². The molecule has 1 unspecified atom stereocenters. The summed E-state index contributed by atoms with van der Waals surface area (Å²) in [6.45, 7) is 0. The van der Waals surface area contributed by atoms with Crippen molar-refractivity contribution in [1.29, 1.82) is 5.41 Å². The van der Waals surface area contributed by atoms with Crippen LogP contribution in [-0.4, -0.2) is 34.3 Å². The first-order valence-electron chi connectivity index (χ1n) is 10.1. The smallest absolute Gasteiger partial charge is 0.378 e. The molecule has 0 bridgehead atoms. The molecule has 3 rings (SSSR count). The summed E-state index contributed by atoms with van der Waals surface area (Å²) < 4.78 is 5.63. The number of carboxylic acid groups (broad SMARTS) is 1. The molecule has 9 heteroatoms. The van der Waals surface area contributed by atoms with Crippen molar-refractivity contribution in [2.24, 2.45) is 5.73 Å². The summed E-state index contributed by atoms with van der Waals surface area (Å²) in [5.74, 6) is -3.34. The quantitative estimate of drug-likeness (QED) is 0.151. The van der Waals surface area contributed by atoms with Gasteiger partial charge >= 0.3 is 11.7 Å². The number of hydrogen-bond acceptors (Lipinski definition) is 5. The number of carbonyl (C=O) groups is 3. The molecule has 8 nitrogen and oxygen atoms in total. The molecule has 3 aromatic rings. The molecule has 0 heterocycles. The fourth-order valence-electron chi connectivity index (χ4n) is 3.15. The Kier molecular flexibility index (Phi) is 8.92. The van der Waals surface area contributed by atoms with Crippen molar-refractivity contribution in [3.8, 4) is 5.75 Å². The van der Waals surface area contributed by atoms with Crippen LogP contribution < -0.4 is 15.8 Å². The maximum atomic E-state index is 13.2. The Bertz CT molecular complexity index is 1150. The normalized spacial score (nSPS) is 11.9. The van der Waals surface area contributed by atoms with Crippen LogP contribution in [0.1, 0.15) is 27.9 Å². The van der Waals surface area contributed by atoms with Gasteiger partial charge in [-0.25, -0.2) is 4.79 Å². The van der Waals surface area contributed by atoms with E-state index >= 15 is 0 Å². The summed E-state index contributed by atoms with van der Waals surface area (Å²) >= 11 is 0. The van der Waals surface area contributed by atoms with Crippen molar-refractivity contribution >= 4 is 35.9 Å². The van der Waals surface area contributed by atoms with Crippen molar-refractivity contribution in [2.45, 2.75) is 18.6 Å². The first-order valence-corrected chi connectivity index (χ1v) is 10.1. The lowest BCUT2D eigenvalue weighted by Gasteiger charge is -2.30. The molecule has 0 fully saturated rings. The second kappa shape index (κ2) is 11.6. The van der Waals surface area contributed by atoms with E-state index in [0.717, 1.165) is 5.56 Å². The number of carbonyl (C=O) groups excluding carboxylic acids is 2. The van der Waals surface area contributed by atoms with Crippen LogP contribution >= 0.6 is 12.4 Å².